The van der Waals surface area contributed by atoms with Crippen LogP contribution in [0.4, 0.5) is 0 Å². The molecule has 16 heavy (non-hydrogen) atoms. The molecule has 2 saturated heterocycles. The van der Waals surface area contributed by atoms with Gasteiger partial charge in [-0.3, -0.25) is 19.7 Å². The Labute approximate surface area is 99.1 Å². The van der Waals surface area contributed by atoms with Crippen LogP contribution < -0.4 is 10.6 Å². The van der Waals surface area contributed by atoms with Crippen LogP contribution in [0.3, 0.4) is 0 Å². The van der Waals surface area contributed by atoms with Gasteiger partial charge < -0.3 is 10.2 Å². The van der Waals surface area contributed by atoms with Crippen LogP contribution in [0, 0.1) is 0 Å². The molecule has 90 valence electrons. The summed E-state index contributed by atoms with van der Waals surface area (Å²) in [5.74, 6) is -0.670. The maximum Gasteiger partial charge on any atom is 0.249 e. The Morgan fingerprint density at radius 1 is 1.25 bits per heavy atom. The molecule has 7 heteroatoms. The van der Waals surface area contributed by atoms with Crippen molar-refractivity contribution in [1.82, 2.24) is 15.5 Å². The summed E-state index contributed by atoms with van der Waals surface area (Å²) in [6, 6.07) is -0.461. The van der Waals surface area contributed by atoms with E-state index < -0.39 is 6.04 Å². The van der Waals surface area contributed by atoms with Crippen LogP contribution in [0.1, 0.15) is 12.8 Å². The number of carbonyl (C=O) groups is 3. The van der Waals surface area contributed by atoms with E-state index in [1.54, 1.807) is 4.90 Å². The maximum absolute atomic E-state index is 11.5. The fourth-order valence-corrected chi connectivity index (χ4v) is 1.93. The number of halogens is 1. The van der Waals surface area contributed by atoms with Crippen molar-refractivity contribution in [1.29, 1.82) is 0 Å². The van der Waals surface area contributed by atoms with E-state index in [9.17, 15) is 14.4 Å². The molecular formula is C9H14ClN3O3. The van der Waals surface area contributed by atoms with Crippen molar-refractivity contribution in [3.8, 4) is 0 Å². The first-order chi connectivity index (χ1) is 7.18. The summed E-state index contributed by atoms with van der Waals surface area (Å²) in [4.78, 5) is 35.5. The van der Waals surface area contributed by atoms with Gasteiger partial charge in [-0.25, -0.2) is 0 Å². The lowest BCUT2D eigenvalue weighted by Gasteiger charge is -2.35. The van der Waals surface area contributed by atoms with Crippen LogP contribution in [0.5, 0.6) is 0 Å². The minimum absolute atomic E-state index is 0. The van der Waals surface area contributed by atoms with Crippen molar-refractivity contribution in [3.05, 3.63) is 0 Å². The second kappa shape index (κ2) is 5.27. The molecule has 0 aromatic rings. The molecule has 0 saturated carbocycles. The standard InChI is InChI=1S/C9H13N3O3.ClH/c13-7-2-1-6(9(15)11-7)12-4-3-10-5-8(12)14;/h6,10H,1-5H2,(H,11,13,15);1H. The lowest BCUT2D eigenvalue weighted by molar-refractivity contribution is -0.146. The summed E-state index contributed by atoms with van der Waals surface area (Å²) < 4.78 is 0. The van der Waals surface area contributed by atoms with Crippen molar-refractivity contribution < 1.29 is 14.4 Å². The van der Waals surface area contributed by atoms with Crippen molar-refractivity contribution in [3.63, 3.8) is 0 Å². The van der Waals surface area contributed by atoms with E-state index in [2.05, 4.69) is 10.6 Å². The van der Waals surface area contributed by atoms with Gasteiger partial charge in [-0.1, -0.05) is 0 Å². The molecule has 0 aromatic carbocycles. The fourth-order valence-electron chi connectivity index (χ4n) is 1.93. The number of nitrogens with one attached hydrogen (secondary N) is 2. The molecule has 2 aliphatic heterocycles. The summed E-state index contributed by atoms with van der Waals surface area (Å²) in [6.45, 7) is 1.51. The second-order valence-corrected chi connectivity index (χ2v) is 3.73. The monoisotopic (exact) mass is 247 g/mol. The summed E-state index contributed by atoms with van der Waals surface area (Å²) in [6.07, 6.45) is 0.754. The van der Waals surface area contributed by atoms with Crippen LogP contribution in [0.15, 0.2) is 0 Å². The molecule has 0 aromatic heterocycles. The number of nitrogens with zero attached hydrogens (tertiary/aromatic N) is 1. The van der Waals surface area contributed by atoms with Gasteiger partial charge in [0.1, 0.15) is 6.04 Å². The SMILES string of the molecule is Cl.O=C1CCC(N2CCNCC2=O)C(=O)N1. The van der Waals surface area contributed by atoms with E-state index in [1.165, 1.54) is 0 Å². The molecule has 1 atom stereocenters. The number of rotatable bonds is 1. The number of hydrogen-bond donors (Lipinski definition) is 2. The smallest absolute Gasteiger partial charge is 0.249 e. The number of piperazine rings is 1. The quantitative estimate of drug-likeness (QED) is 0.562. The molecule has 2 N–H and O–H groups in total. The molecule has 2 fully saturated rings. The van der Waals surface area contributed by atoms with Gasteiger partial charge in [0.05, 0.1) is 6.54 Å². The van der Waals surface area contributed by atoms with Gasteiger partial charge in [0.25, 0.3) is 0 Å². The predicted molar refractivity (Wildman–Crippen MR) is 58.0 cm³/mol. The van der Waals surface area contributed by atoms with Crippen LogP contribution >= 0.6 is 12.4 Å². The molecule has 3 amide bonds. The van der Waals surface area contributed by atoms with Crippen molar-refractivity contribution in [2.75, 3.05) is 19.6 Å². The van der Waals surface area contributed by atoms with Crippen LogP contribution in [-0.4, -0.2) is 48.3 Å². The number of carbonyl (C=O) groups excluding carboxylic acids is 3. The normalized spacial score (nSPS) is 26.1. The molecule has 2 aliphatic rings. The molecule has 0 radical (unpaired) electrons. The highest BCUT2D eigenvalue weighted by molar-refractivity contribution is 6.01. The van der Waals surface area contributed by atoms with Crippen LogP contribution in [0.25, 0.3) is 0 Å². The first-order valence-corrected chi connectivity index (χ1v) is 5.02. The van der Waals surface area contributed by atoms with E-state index in [-0.39, 0.29) is 36.7 Å². The first kappa shape index (κ1) is 12.9. The maximum atomic E-state index is 11.5. The van der Waals surface area contributed by atoms with Crippen LogP contribution in [-0.2, 0) is 14.4 Å². The lowest BCUT2D eigenvalue weighted by Crippen LogP contribution is -2.59. The van der Waals surface area contributed by atoms with Crippen molar-refractivity contribution in [2.45, 2.75) is 18.9 Å². The van der Waals surface area contributed by atoms with E-state index in [4.69, 9.17) is 0 Å². The molecule has 2 rings (SSSR count). The van der Waals surface area contributed by atoms with Crippen molar-refractivity contribution in [2.24, 2.45) is 0 Å². The minimum atomic E-state index is -0.461. The summed E-state index contributed by atoms with van der Waals surface area (Å²) in [5, 5.41) is 5.19. The molecule has 0 bridgehead atoms. The highest BCUT2D eigenvalue weighted by atomic mass is 35.5. The lowest BCUT2D eigenvalue weighted by atomic mass is 10.0. The zero-order valence-electron chi connectivity index (χ0n) is 8.69. The zero-order chi connectivity index (χ0) is 10.8. The summed E-state index contributed by atoms with van der Waals surface area (Å²) in [5.41, 5.74) is 0. The van der Waals surface area contributed by atoms with Gasteiger partial charge >= 0.3 is 0 Å². The van der Waals surface area contributed by atoms with Gasteiger partial charge in [0.2, 0.25) is 17.7 Å². The average Bonchev–Trinajstić information content (AvgIpc) is 2.20. The Balaban J connectivity index is 0.00000128. The summed E-state index contributed by atoms with van der Waals surface area (Å²) >= 11 is 0. The number of imide groups is 1. The largest absolute Gasteiger partial charge is 0.328 e. The van der Waals surface area contributed by atoms with Crippen LogP contribution in [0.2, 0.25) is 0 Å². The molecule has 0 aliphatic carbocycles. The molecule has 2 heterocycles. The third kappa shape index (κ3) is 2.51. The van der Waals surface area contributed by atoms with E-state index in [0.717, 1.165) is 0 Å². The Morgan fingerprint density at radius 2 is 2.00 bits per heavy atom. The van der Waals surface area contributed by atoms with Gasteiger partial charge in [0, 0.05) is 19.5 Å². The van der Waals surface area contributed by atoms with Gasteiger partial charge in [-0.2, -0.15) is 0 Å². The highest BCUT2D eigenvalue weighted by Crippen LogP contribution is 2.13. The topological polar surface area (TPSA) is 78.5 Å². The van der Waals surface area contributed by atoms with E-state index in [1.807, 2.05) is 0 Å². The first-order valence-electron chi connectivity index (χ1n) is 5.02. The van der Waals surface area contributed by atoms with Gasteiger partial charge in [-0.05, 0) is 6.42 Å². The Kier molecular flexibility index (Phi) is 4.26. The predicted octanol–water partition coefficient (Wildman–Crippen LogP) is -1.35. The Bertz CT molecular complexity index is 321. The molecular weight excluding hydrogens is 234 g/mol. The summed E-state index contributed by atoms with van der Waals surface area (Å²) in [7, 11) is 0. The fraction of sp³-hybridized carbons (Fsp3) is 0.667. The second-order valence-electron chi connectivity index (χ2n) is 3.73. The number of hydrogen-bond acceptors (Lipinski definition) is 4. The number of piperidine rings is 1. The molecule has 6 nitrogen and oxygen atoms in total. The minimum Gasteiger partial charge on any atom is -0.328 e. The van der Waals surface area contributed by atoms with E-state index >= 15 is 0 Å². The zero-order valence-corrected chi connectivity index (χ0v) is 9.51. The Morgan fingerprint density at radius 3 is 2.62 bits per heavy atom. The Hall–Kier alpha value is -1.14. The highest BCUT2D eigenvalue weighted by Gasteiger charge is 2.34. The van der Waals surface area contributed by atoms with Gasteiger partial charge in [-0.15, -0.1) is 12.4 Å². The third-order valence-corrected chi connectivity index (χ3v) is 2.71. The van der Waals surface area contributed by atoms with Crippen molar-refractivity contribution >= 4 is 30.1 Å². The third-order valence-electron chi connectivity index (χ3n) is 2.71. The van der Waals surface area contributed by atoms with Gasteiger partial charge in [0.15, 0.2) is 0 Å². The average molecular weight is 248 g/mol. The molecule has 1 unspecified atom stereocenters. The number of amides is 3. The van der Waals surface area contributed by atoms with E-state index in [0.29, 0.717) is 25.9 Å². The molecule has 0 spiro atoms.